The molecule has 18 heavy (non-hydrogen) atoms. The van der Waals surface area contributed by atoms with Crippen LogP contribution in [0.1, 0.15) is 10.4 Å². The van der Waals surface area contributed by atoms with E-state index in [2.05, 4.69) is 0 Å². The highest BCUT2D eigenvalue weighted by Gasteiger charge is 2.35. The smallest absolute Gasteiger partial charge is 0.254 e. The molecule has 2 heterocycles. The molecule has 0 aromatic heterocycles. The van der Waals surface area contributed by atoms with Crippen molar-refractivity contribution in [1.29, 1.82) is 0 Å². The molecule has 1 aromatic rings. The molecule has 1 fully saturated rings. The van der Waals surface area contributed by atoms with Crippen LogP contribution in [0.25, 0.3) is 0 Å². The Kier molecular flexibility index (Phi) is 2.36. The van der Waals surface area contributed by atoms with Gasteiger partial charge in [0.15, 0.2) is 11.5 Å². The van der Waals surface area contributed by atoms with E-state index in [1.807, 2.05) is 0 Å². The number of nitrogens with zero attached hydrogens (tertiary/aromatic N) is 1. The number of hydrogen-bond donors (Lipinski definition) is 1. The van der Waals surface area contributed by atoms with E-state index in [1.165, 1.54) is 0 Å². The fraction of sp³-hybridized carbons (Fsp3) is 0.333. The van der Waals surface area contributed by atoms with E-state index >= 15 is 0 Å². The lowest BCUT2D eigenvalue weighted by molar-refractivity contribution is -0.125. The number of ether oxygens (including phenoxy) is 2. The molecule has 6 heteroatoms. The maximum Gasteiger partial charge on any atom is 0.254 e. The summed E-state index contributed by atoms with van der Waals surface area (Å²) >= 11 is 0. The van der Waals surface area contributed by atoms with Crippen molar-refractivity contribution in [2.45, 2.75) is 0 Å². The molecule has 94 valence electrons. The third-order valence-corrected chi connectivity index (χ3v) is 3.19. The molecule has 0 radical (unpaired) electrons. The summed E-state index contributed by atoms with van der Waals surface area (Å²) in [5.41, 5.74) is 5.69. The quantitative estimate of drug-likeness (QED) is 0.797. The van der Waals surface area contributed by atoms with E-state index in [0.717, 1.165) is 0 Å². The van der Waals surface area contributed by atoms with Gasteiger partial charge < -0.3 is 20.1 Å². The third-order valence-electron chi connectivity index (χ3n) is 3.19. The Morgan fingerprint density at radius 2 is 1.94 bits per heavy atom. The summed E-state index contributed by atoms with van der Waals surface area (Å²) in [6, 6.07) is 5.05. The van der Waals surface area contributed by atoms with Crippen molar-refractivity contribution in [3.63, 3.8) is 0 Å². The van der Waals surface area contributed by atoms with Gasteiger partial charge in [-0.05, 0) is 18.2 Å². The number of nitrogens with two attached hydrogens (primary N) is 1. The lowest BCUT2D eigenvalue weighted by Gasteiger charge is -2.37. The first-order valence-electron chi connectivity index (χ1n) is 5.63. The van der Waals surface area contributed by atoms with Gasteiger partial charge in [0.1, 0.15) is 0 Å². The molecule has 2 amide bonds. The minimum Gasteiger partial charge on any atom is -0.454 e. The second kappa shape index (κ2) is 3.90. The van der Waals surface area contributed by atoms with Crippen molar-refractivity contribution in [1.82, 2.24) is 4.90 Å². The SMILES string of the molecule is NC(=O)C1CN(C(=O)c2ccc3c(c2)OCO3)C1. The molecule has 2 aliphatic heterocycles. The number of carbonyl (C=O) groups excluding carboxylic acids is 2. The fourth-order valence-electron chi connectivity index (χ4n) is 2.04. The van der Waals surface area contributed by atoms with Crippen LogP contribution in [0.4, 0.5) is 0 Å². The van der Waals surface area contributed by atoms with Gasteiger partial charge in [0, 0.05) is 18.7 Å². The lowest BCUT2D eigenvalue weighted by Crippen LogP contribution is -2.54. The largest absolute Gasteiger partial charge is 0.454 e. The number of carbonyl (C=O) groups is 2. The number of rotatable bonds is 2. The number of primary amides is 1. The summed E-state index contributed by atoms with van der Waals surface area (Å²) in [4.78, 5) is 24.5. The zero-order valence-corrected chi connectivity index (χ0v) is 9.59. The van der Waals surface area contributed by atoms with Crippen molar-refractivity contribution >= 4 is 11.8 Å². The highest BCUT2D eigenvalue weighted by atomic mass is 16.7. The minimum absolute atomic E-state index is 0.120. The number of fused-ring (bicyclic) bond motifs is 1. The number of hydrogen-bond acceptors (Lipinski definition) is 4. The number of likely N-dealkylation sites (tertiary alicyclic amines) is 1. The third kappa shape index (κ3) is 1.66. The van der Waals surface area contributed by atoms with E-state index < -0.39 is 0 Å². The zero-order valence-electron chi connectivity index (χ0n) is 9.59. The predicted molar refractivity (Wildman–Crippen MR) is 61.2 cm³/mol. The molecule has 0 aliphatic carbocycles. The summed E-state index contributed by atoms with van der Waals surface area (Å²) in [6.45, 7) is 0.964. The Bertz CT molecular complexity index is 523. The van der Waals surface area contributed by atoms with Crippen LogP contribution in [0.2, 0.25) is 0 Å². The minimum atomic E-state index is -0.357. The zero-order chi connectivity index (χ0) is 12.7. The molecular formula is C12H12N2O4. The fourth-order valence-corrected chi connectivity index (χ4v) is 2.04. The number of amides is 2. The van der Waals surface area contributed by atoms with Crippen molar-refractivity contribution < 1.29 is 19.1 Å². The van der Waals surface area contributed by atoms with E-state index in [-0.39, 0.29) is 24.5 Å². The van der Waals surface area contributed by atoms with Gasteiger partial charge in [-0.2, -0.15) is 0 Å². The highest BCUT2D eigenvalue weighted by molar-refractivity contribution is 5.96. The Balaban J connectivity index is 1.72. The Morgan fingerprint density at radius 3 is 2.67 bits per heavy atom. The van der Waals surface area contributed by atoms with Crippen LogP contribution in [0.3, 0.4) is 0 Å². The molecule has 6 nitrogen and oxygen atoms in total. The molecular weight excluding hydrogens is 236 g/mol. The van der Waals surface area contributed by atoms with E-state index in [0.29, 0.717) is 30.2 Å². The van der Waals surface area contributed by atoms with Gasteiger partial charge in [-0.3, -0.25) is 9.59 Å². The predicted octanol–water partition coefficient (Wildman–Crippen LogP) is -0.0274. The van der Waals surface area contributed by atoms with Crippen molar-refractivity contribution in [2.75, 3.05) is 19.9 Å². The Morgan fingerprint density at radius 1 is 1.22 bits per heavy atom. The molecule has 1 aromatic carbocycles. The first-order chi connectivity index (χ1) is 8.65. The van der Waals surface area contributed by atoms with Crippen LogP contribution in [0, 0.1) is 5.92 Å². The van der Waals surface area contributed by atoms with E-state index in [9.17, 15) is 9.59 Å². The van der Waals surface area contributed by atoms with Gasteiger partial charge in [-0.25, -0.2) is 0 Å². The molecule has 0 atom stereocenters. The van der Waals surface area contributed by atoms with Gasteiger partial charge >= 0.3 is 0 Å². The van der Waals surface area contributed by atoms with Crippen molar-refractivity contribution in [3.8, 4) is 11.5 Å². The average Bonchev–Trinajstić information content (AvgIpc) is 2.72. The van der Waals surface area contributed by atoms with Gasteiger partial charge in [0.2, 0.25) is 12.7 Å². The van der Waals surface area contributed by atoms with Crippen LogP contribution < -0.4 is 15.2 Å². The molecule has 0 saturated carbocycles. The molecule has 0 unspecified atom stereocenters. The van der Waals surface area contributed by atoms with Crippen LogP contribution in [-0.4, -0.2) is 36.6 Å². The highest BCUT2D eigenvalue weighted by Crippen LogP contribution is 2.33. The topological polar surface area (TPSA) is 81.9 Å². The van der Waals surface area contributed by atoms with Gasteiger partial charge in [0.05, 0.1) is 5.92 Å². The van der Waals surface area contributed by atoms with Crippen LogP contribution in [-0.2, 0) is 4.79 Å². The average molecular weight is 248 g/mol. The molecule has 0 spiro atoms. The van der Waals surface area contributed by atoms with Crippen LogP contribution in [0.15, 0.2) is 18.2 Å². The standard InChI is InChI=1S/C12H12N2O4/c13-11(15)8-4-14(5-8)12(16)7-1-2-9-10(3-7)18-6-17-9/h1-3,8H,4-6H2,(H2,13,15). The van der Waals surface area contributed by atoms with Gasteiger partial charge in [-0.1, -0.05) is 0 Å². The van der Waals surface area contributed by atoms with Gasteiger partial charge in [0.25, 0.3) is 5.91 Å². The first kappa shape index (κ1) is 10.9. The Hall–Kier alpha value is -2.24. The van der Waals surface area contributed by atoms with Crippen LogP contribution >= 0.6 is 0 Å². The summed E-state index contributed by atoms with van der Waals surface area (Å²) in [7, 11) is 0. The Labute approximate surface area is 103 Å². The second-order valence-electron chi connectivity index (χ2n) is 4.38. The lowest BCUT2D eigenvalue weighted by atomic mass is 9.98. The molecule has 0 bridgehead atoms. The second-order valence-corrected chi connectivity index (χ2v) is 4.38. The van der Waals surface area contributed by atoms with Gasteiger partial charge in [-0.15, -0.1) is 0 Å². The van der Waals surface area contributed by atoms with E-state index in [1.54, 1.807) is 23.1 Å². The molecule has 2 N–H and O–H groups in total. The van der Waals surface area contributed by atoms with Crippen molar-refractivity contribution in [2.24, 2.45) is 11.7 Å². The molecule has 1 saturated heterocycles. The monoisotopic (exact) mass is 248 g/mol. The normalized spacial score (nSPS) is 17.4. The summed E-state index contributed by atoms with van der Waals surface area (Å²) in [6.07, 6.45) is 0. The molecule has 3 rings (SSSR count). The first-order valence-corrected chi connectivity index (χ1v) is 5.63. The maximum absolute atomic E-state index is 12.1. The van der Waals surface area contributed by atoms with Crippen molar-refractivity contribution in [3.05, 3.63) is 23.8 Å². The summed E-state index contributed by atoms with van der Waals surface area (Å²) < 4.78 is 10.4. The summed E-state index contributed by atoms with van der Waals surface area (Å²) in [5, 5.41) is 0. The maximum atomic E-state index is 12.1. The van der Waals surface area contributed by atoms with Crippen LogP contribution in [0.5, 0.6) is 11.5 Å². The summed E-state index contributed by atoms with van der Waals surface area (Å²) in [5.74, 6) is 0.525. The number of benzene rings is 1. The molecule has 2 aliphatic rings. The van der Waals surface area contributed by atoms with E-state index in [4.69, 9.17) is 15.2 Å².